The van der Waals surface area contributed by atoms with Gasteiger partial charge in [-0.3, -0.25) is 4.79 Å². The number of aliphatic hydroxyl groups is 1. The van der Waals surface area contributed by atoms with Crippen molar-refractivity contribution in [1.29, 1.82) is 0 Å². The normalized spacial score (nSPS) is 9.86. The van der Waals surface area contributed by atoms with E-state index in [2.05, 4.69) is 17.2 Å². The monoisotopic (exact) mass is 319 g/mol. The zero-order valence-corrected chi connectivity index (χ0v) is 13.0. The molecule has 21 heavy (non-hydrogen) atoms. The van der Waals surface area contributed by atoms with E-state index in [4.69, 9.17) is 16.7 Å². The van der Waals surface area contributed by atoms with Crippen LogP contribution in [0.25, 0.3) is 0 Å². The molecule has 0 fully saturated rings. The van der Waals surface area contributed by atoms with Crippen molar-refractivity contribution < 1.29 is 9.90 Å². The third-order valence-corrected chi connectivity index (χ3v) is 4.07. The number of benzene rings is 1. The number of hydrogen-bond acceptors (Lipinski definition) is 3. The molecule has 0 aliphatic heterocycles. The summed E-state index contributed by atoms with van der Waals surface area (Å²) in [6, 6.07) is 8.97. The molecule has 0 saturated heterocycles. The minimum atomic E-state index is -0.171. The van der Waals surface area contributed by atoms with Gasteiger partial charge in [-0.25, -0.2) is 0 Å². The maximum absolute atomic E-state index is 12.1. The Morgan fingerprint density at radius 1 is 1.38 bits per heavy atom. The largest absolute Gasteiger partial charge is 0.384 e. The molecular formula is C16H14ClNO2S. The van der Waals surface area contributed by atoms with Gasteiger partial charge in [-0.1, -0.05) is 30.4 Å². The van der Waals surface area contributed by atoms with Crippen LogP contribution in [0.5, 0.6) is 0 Å². The highest BCUT2D eigenvalue weighted by Gasteiger charge is 2.11. The topological polar surface area (TPSA) is 49.3 Å². The molecule has 0 bridgehead atoms. The van der Waals surface area contributed by atoms with E-state index in [1.54, 1.807) is 12.1 Å². The van der Waals surface area contributed by atoms with Gasteiger partial charge in [0, 0.05) is 11.3 Å². The highest BCUT2D eigenvalue weighted by atomic mass is 35.5. The van der Waals surface area contributed by atoms with Crippen molar-refractivity contribution in [2.24, 2.45) is 0 Å². The SMILES string of the molecule is CCc1cc(C#CCO)ccc1NC(=O)c1ccc(Cl)s1. The molecule has 1 aromatic heterocycles. The van der Waals surface area contributed by atoms with E-state index in [0.717, 1.165) is 23.2 Å². The second-order valence-electron chi connectivity index (χ2n) is 4.24. The van der Waals surface area contributed by atoms with E-state index in [1.165, 1.54) is 11.3 Å². The van der Waals surface area contributed by atoms with E-state index in [9.17, 15) is 4.79 Å². The maximum Gasteiger partial charge on any atom is 0.265 e. The van der Waals surface area contributed by atoms with Gasteiger partial charge < -0.3 is 10.4 Å². The quantitative estimate of drug-likeness (QED) is 0.850. The third kappa shape index (κ3) is 4.08. The number of halogens is 1. The molecular weight excluding hydrogens is 306 g/mol. The van der Waals surface area contributed by atoms with Crippen molar-refractivity contribution in [2.45, 2.75) is 13.3 Å². The van der Waals surface area contributed by atoms with E-state index >= 15 is 0 Å². The van der Waals surface area contributed by atoms with Crippen molar-refractivity contribution in [2.75, 3.05) is 11.9 Å². The minimum absolute atomic E-state index is 0.168. The van der Waals surface area contributed by atoms with Crippen molar-refractivity contribution in [3.8, 4) is 11.8 Å². The van der Waals surface area contributed by atoms with E-state index in [0.29, 0.717) is 9.21 Å². The van der Waals surface area contributed by atoms with Crippen molar-refractivity contribution in [1.82, 2.24) is 0 Å². The molecule has 108 valence electrons. The van der Waals surface area contributed by atoms with E-state index < -0.39 is 0 Å². The lowest BCUT2D eigenvalue weighted by atomic mass is 10.1. The van der Waals surface area contributed by atoms with E-state index in [1.807, 2.05) is 25.1 Å². The molecule has 0 saturated carbocycles. The predicted octanol–water partition coefficient (Wildman–Crippen LogP) is 3.56. The lowest BCUT2D eigenvalue weighted by Gasteiger charge is -2.09. The Morgan fingerprint density at radius 2 is 2.19 bits per heavy atom. The zero-order valence-electron chi connectivity index (χ0n) is 11.4. The van der Waals surface area contributed by atoms with Gasteiger partial charge in [0.15, 0.2) is 0 Å². The number of nitrogens with one attached hydrogen (secondary N) is 1. The Balaban J connectivity index is 2.21. The first-order valence-corrected chi connectivity index (χ1v) is 7.62. The van der Waals surface area contributed by atoms with Crippen LogP contribution in [-0.4, -0.2) is 17.6 Å². The first-order chi connectivity index (χ1) is 10.1. The number of carbonyl (C=O) groups is 1. The Morgan fingerprint density at radius 3 is 2.81 bits per heavy atom. The second kappa shape index (κ2) is 7.28. The smallest absolute Gasteiger partial charge is 0.265 e. The van der Waals surface area contributed by atoms with Crippen LogP contribution in [0.2, 0.25) is 4.34 Å². The fourth-order valence-corrected chi connectivity index (χ4v) is 2.79. The summed E-state index contributed by atoms with van der Waals surface area (Å²) in [6.45, 7) is 1.84. The second-order valence-corrected chi connectivity index (χ2v) is 5.96. The summed E-state index contributed by atoms with van der Waals surface area (Å²) in [6.07, 6.45) is 0.773. The average molecular weight is 320 g/mol. The van der Waals surface area contributed by atoms with Gasteiger partial charge in [0.2, 0.25) is 0 Å². The fourth-order valence-electron chi connectivity index (χ4n) is 1.85. The molecule has 1 aromatic carbocycles. The molecule has 0 aliphatic rings. The molecule has 3 nitrogen and oxygen atoms in total. The molecule has 1 heterocycles. The lowest BCUT2D eigenvalue weighted by molar-refractivity contribution is 0.103. The molecule has 2 N–H and O–H groups in total. The molecule has 2 rings (SSSR count). The van der Waals surface area contributed by atoms with Crippen LogP contribution >= 0.6 is 22.9 Å². The van der Waals surface area contributed by atoms with Gasteiger partial charge in [-0.15, -0.1) is 11.3 Å². The summed E-state index contributed by atoms with van der Waals surface area (Å²) < 4.78 is 0.588. The number of amides is 1. The van der Waals surface area contributed by atoms with Crippen LogP contribution in [0.1, 0.15) is 27.7 Å². The average Bonchev–Trinajstić information content (AvgIpc) is 2.92. The van der Waals surface area contributed by atoms with Crippen LogP contribution in [0, 0.1) is 11.8 Å². The number of aliphatic hydroxyl groups excluding tert-OH is 1. The molecule has 0 radical (unpaired) electrons. The number of thiophene rings is 1. The summed E-state index contributed by atoms with van der Waals surface area (Å²) in [5.74, 6) is 5.30. The molecule has 0 atom stereocenters. The van der Waals surface area contributed by atoms with Crippen molar-refractivity contribution >= 4 is 34.5 Å². The number of aryl methyl sites for hydroxylation is 1. The van der Waals surface area contributed by atoms with Crippen LogP contribution in [-0.2, 0) is 6.42 Å². The van der Waals surface area contributed by atoms with Crippen molar-refractivity contribution in [3.05, 3.63) is 50.7 Å². The standard InChI is InChI=1S/C16H14ClNO2S/c1-2-12-10-11(4-3-9-19)5-6-13(12)18-16(20)14-7-8-15(17)21-14/h5-8,10,19H,2,9H2,1H3,(H,18,20). The van der Waals surface area contributed by atoms with Crippen LogP contribution in [0.15, 0.2) is 30.3 Å². The van der Waals surface area contributed by atoms with Gasteiger partial charge in [-0.2, -0.15) is 0 Å². The molecule has 0 aliphatic carbocycles. The minimum Gasteiger partial charge on any atom is -0.384 e. The predicted molar refractivity (Wildman–Crippen MR) is 87.1 cm³/mol. The summed E-state index contributed by atoms with van der Waals surface area (Å²) in [5, 5.41) is 11.6. The van der Waals surface area contributed by atoms with Gasteiger partial charge in [0.1, 0.15) is 6.61 Å². The molecule has 0 unspecified atom stereocenters. The highest BCUT2D eigenvalue weighted by molar-refractivity contribution is 7.18. The van der Waals surface area contributed by atoms with Gasteiger partial charge in [0.05, 0.1) is 9.21 Å². The molecule has 5 heteroatoms. The number of rotatable bonds is 3. The third-order valence-electron chi connectivity index (χ3n) is 2.84. The van der Waals surface area contributed by atoms with Crippen LogP contribution in [0.4, 0.5) is 5.69 Å². The van der Waals surface area contributed by atoms with Crippen LogP contribution < -0.4 is 5.32 Å². The lowest BCUT2D eigenvalue weighted by Crippen LogP contribution is -2.11. The zero-order chi connectivity index (χ0) is 15.2. The Hall–Kier alpha value is -1.80. The Labute approximate surface area is 132 Å². The molecule has 2 aromatic rings. The fraction of sp³-hybridized carbons (Fsp3) is 0.188. The summed E-state index contributed by atoms with van der Waals surface area (Å²) in [7, 11) is 0. The maximum atomic E-state index is 12.1. The number of anilines is 1. The van der Waals surface area contributed by atoms with Crippen LogP contribution in [0.3, 0.4) is 0 Å². The summed E-state index contributed by atoms with van der Waals surface area (Å²) in [4.78, 5) is 12.7. The highest BCUT2D eigenvalue weighted by Crippen LogP contribution is 2.24. The molecule has 0 spiro atoms. The first-order valence-electron chi connectivity index (χ1n) is 6.43. The van der Waals surface area contributed by atoms with E-state index in [-0.39, 0.29) is 12.5 Å². The Kier molecular flexibility index (Phi) is 5.40. The number of hydrogen-bond donors (Lipinski definition) is 2. The first kappa shape index (κ1) is 15.6. The van der Waals surface area contributed by atoms with Gasteiger partial charge in [0.25, 0.3) is 5.91 Å². The van der Waals surface area contributed by atoms with Gasteiger partial charge >= 0.3 is 0 Å². The van der Waals surface area contributed by atoms with Gasteiger partial charge in [-0.05, 0) is 42.3 Å². The van der Waals surface area contributed by atoms with Crippen molar-refractivity contribution in [3.63, 3.8) is 0 Å². The number of carbonyl (C=O) groups excluding carboxylic acids is 1. The Bertz CT molecular complexity index is 713. The summed E-state index contributed by atoms with van der Waals surface area (Å²) in [5.41, 5.74) is 2.58. The summed E-state index contributed by atoms with van der Waals surface area (Å²) >= 11 is 7.08. The molecule has 1 amide bonds.